The van der Waals surface area contributed by atoms with E-state index in [1.54, 1.807) is 4.90 Å². The second kappa shape index (κ2) is 7.48. The highest BCUT2D eigenvalue weighted by atomic mass is 16.3. The molecule has 0 aromatic heterocycles. The van der Waals surface area contributed by atoms with Crippen molar-refractivity contribution >= 4 is 11.8 Å². The molecular formula is C21H35N5O3. The lowest BCUT2D eigenvalue weighted by Gasteiger charge is -2.40. The quantitative estimate of drug-likeness (QED) is 0.587. The van der Waals surface area contributed by atoms with Crippen LogP contribution in [0.5, 0.6) is 0 Å². The first-order valence-electron chi connectivity index (χ1n) is 11.5. The van der Waals surface area contributed by atoms with Gasteiger partial charge in [-0.15, -0.1) is 0 Å². The molecule has 0 bridgehead atoms. The molecule has 3 N–H and O–H groups in total. The van der Waals surface area contributed by atoms with Crippen molar-refractivity contribution in [3.8, 4) is 0 Å². The number of carbonyl (C=O) groups is 2. The van der Waals surface area contributed by atoms with Crippen LogP contribution >= 0.6 is 0 Å². The number of aliphatic hydroxyl groups excluding tert-OH is 1. The van der Waals surface area contributed by atoms with E-state index in [0.29, 0.717) is 31.6 Å². The first-order chi connectivity index (χ1) is 14.0. The molecule has 0 aromatic carbocycles. The Kier molecular flexibility index (Phi) is 5.09. The Balaban J connectivity index is 1.23. The first-order valence-corrected chi connectivity index (χ1v) is 11.5. The third-order valence-electron chi connectivity index (χ3n) is 8.35. The van der Waals surface area contributed by atoms with Crippen LogP contribution in [0.1, 0.15) is 44.9 Å². The van der Waals surface area contributed by atoms with Gasteiger partial charge in [0.15, 0.2) is 0 Å². The molecule has 162 valence electrons. The topological polar surface area (TPSA) is 88.2 Å². The van der Waals surface area contributed by atoms with Gasteiger partial charge in [-0.05, 0) is 38.0 Å². The van der Waals surface area contributed by atoms with Gasteiger partial charge in [-0.25, -0.2) is 5.01 Å². The fourth-order valence-corrected chi connectivity index (χ4v) is 6.11. The minimum absolute atomic E-state index is 0.0147. The molecule has 8 heteroatoms. The van der Waals surface area contributed by atoms with Crippen LogP contribution in [-0.4, -0.2) is 95.2 Å². The molecule has 3 saturated heterocycles. The number of nitrogens with zero attached hydrogens (tertiary/aromatic N) is 3. The summed E-state index contributed by atoms with van der Waals surface area (Å²) in [5.74, 6) is 0.803. The smallest absolute Gasteiger partial charge is 0.239 e. The van der Waals surface area contributed by atoms with Crippen molar-refractivity contribution in [2.24, 2.45) is 11.8 Å². The maximum Gasteiger partial charge on any atom is 0.239 e. The predicted octanol–water partition coefficient (Wildman–Crippen LogP) is -0.462. The summed E-state index contributed by atoms with van der Waals surface area (Å²) in [6, 6.07) is 0.481. The molecule has 29 heavy (non-hydrogen) atoms. The van der Waals surface area contributed by atoms with E-state index in [0.717, 1.165) is 25.8 Å². The number of rotatable bonds is 4. The van der Waals surface area contributed by atoms with Gasteiger partial charge >= 0.3 is 0 Å². The Morgan fingerprint density at radius 1 is 1.21 bits per heavy atom. The van der Waals surface area contributed by atoms with E-state index >= 15 is 0 Å². The van der Waals surface area contributed by atoms with Crippen LogP contribution < -0.4 is 10.7 Å². The van der Waals surface area contributed by atoms with Gasteiger partial charge in [-0.2, -0.15) is 0 Å². The average molecular weight is 406 g/mol. The number of fused-ring (bicyclic) bond motifs is 2. The second-order valence-corrected chi connectivity index (χ2v) is 9.90. The number of nitrogens with one attached hydrogen (secondary N) is 2. The van der Waals surface area contributed by atoms with Crippen LogP contribution in [0.4, 0.5) is 0 Å². The maximum atomic E-state index is 13.3. The lowest BCUT2D eigenvalue weighted by Crippen LogP contribution is -2.60. The van der Waals surface area contributed by atoms with Gasteiger partial charge in [0.2, 0.25) is 11.8 Å². The summed E-state index contributed by atoms with van der Waals surface area (Å²) < 4.78 is 0. The van der Waals surface area contributed by atoms with Crippen molar-refractivity contribution in [3.05, 3.63) is 0 Å². The molecule has 3 heterocycles. The summed E-state index contributed by atoms with van der Waals surface area (Å²) in [4.78, 5) is 30.2. The fraction of sp³-hybridized carbons (Fsp3) is 0.905. The van der Waals surface area contributed by atoms with Crippen molar-refractivity contribution in [1.29, 1.82) is 0 Å². The third-order valence-corrected chi connectivity index (χ3v) is 8.35. The Hall–Kier alpha value is -1.22. The Bertz CT molecular complexity index is 655. The molecule has 2 aliphatic carbocycles. The number of piperazine rings is 1. The summed E-state index contributed by atoms with van der Waals surface area (Å²) in [6.07, 6.45) is 7.73. The lowest BCUT2D eigenvalue weighted by atomic mass is 9.85. The second-order valence-electron chi connectivity index (χ2n) is 9.90. The van der Waals surface area contributed by atoms with Gasteiger partial charge in [0, 0.05) is 39.3 Å². The summed E-state index contributed by atoms with van der Waals surface area (Å²) in [6.45, 7) is 2.73. The van der Waals surface area contributed by atoms with E-state index in [-0.39, 0.29) is 42.0 Å². The van der Waals surface area contributed by atoms with E-state index in [9.17, 15) is 14.7 Å². The number of aliphatic hydroxyl groups is 1. The molecule has 5 atom stereocenters. The zero-order chi connectivity index (χ0) is 20.2. The standard InChI is InChI=1S/C21H35N5O3/c1-24(21(13-27)6-7-21)19(28)15-11-22-26-9-8-25(12-18(15)26)20(29)17-10-14-4-2-3-5-16(14)23-17/h14-18,22-23,27H,2-13H2,1H3. The van der Waals surface area contributed by atoms with Gasteiger partial charge < -0.3 is 20.2 Å². The van der Waals surface area contributed by atoms with Crippen molar-refractivity contribution in [1.82, 2.24) is 25.6 Å². The van der Waals surface area contributed by atoms with Crippen LogP contribution in [0.2, 0.25) is 0 Å². The number of amides is 2. The fourth-order valence-electron chi connectivity index (χ4n) is 6.11. The Morgan fingerprint density at radius 2 is 2.00 bits per heavy atom. The van der Waals surface area contributed by atoms with Crippen molar-refractivity contribution in [2.75, 3.05) is 39.8 Å². The molecule has 5 rings (SSSR count). The molecule has 5 fully saturated rings. The van der Waals surface area contributed by atoms with E-state index in [2.05, 4.69) is 15.8 Å². The van der Waals surface area contributed by atoms with Gasteiger partial charge in [0.25, 0.3) is 0 Å². The molecule has 0 spiro atoms. The number of likely N-dealkylation sites (N-methyl/N-ethyl adjacent to an activating group) is 1. The van der Waals surface area contributed by atoms with Crippen LogP contribution in [0, 0.1) is 11.8 Å². The Labute approximate surface area is 172 Å². The van der Waals surface area contributed by atoms with Crippen molar-refractivity contribution in [3.63, 3.8) is 0 Å². The van der Waals surface area contributed by atoms with Crippen LogP contribution in [0.15, 0.2) is 0 Å². The van der Waals surface area contributed by atoms with Crippen LogP contribution in [0.3, 0.4) is 0 Å². The normalized spacial score (nSPS) is 38.4. The minimum atomic E-state index is -0.348. The summed E-state index contributed by atoms with van der Waals surface area (Å²) in [7, 11) is 1.82. The molecule has 2 saturated carbocycles. The summed E-state index contributed by atoms with van der Waals surface area (Å²) in [5.41, 5.74) is 3.03. The number of hydrazine groups is 1. The zero-order valence-electron chi connectivity index (χ0n) is 17.5. The van der Waals surface area contributed by atoms with Gasteiger partial charge in [0.05, 0.1) is 30.1 Å². The monoisotopic (exact) mass is 405 g/mol. The highest BCUT2D eigenvalue weighted by Gasteiger charge is 2.52. The molecular weight excluding hydrogens is 370 g/mol. The highest BCUT2D eigenvalue weighted by molar-refractivity contribution is 5.83. The van der Waals surface area contributed by atoms with Crippen molar-refractivity contribution in [2.45, 2.75) is 68.6 Å². The molecule has 3 aliphatic heterocycles. The number of hydrogen-bond acceptors (Lipinski definition) is 6. The molecule has 8 nitrogen and oxygen atoms in total. The third kappa shape index (κ3) is 3.38. The Morgan fingerprint density at radius 3 is 2.72 bits per heavy atom. The highest BCUT2D eigenvalue weighted by Crippen LogP contribution is 2.41. The molecule has 0 aromatic rings. The van der Waals surface area contributed by atoms with Gasteiger partial charge in [-0.1, -0.05) is 12.8 Å². The lowest BCUT2D eigenvalue weighted by molar-refractivity contribution is -0.142. The van der Waals surface area contributed by atoms with Crippen LogP contribution in [0.25, 0.3) is 0 Å². The SMILES string of the molecule is CN(C(=O)C1CNN2CCN(C(=O)C3CC4CCCCC4N3)CC12)C1(CO)CC1. The van der Waals surface area contributed by atoms with Gasteiger partial charge in [-0.3, -0.25) is 15.0 Å². The van der Waals surface area contributed by atoms with E-state index < -0.39 is 0 Å². The predicted molar refractivity (Wildman–Crippen MR) is 108 cm³/mol. The zero-order valence-corrected chi connectivity index (χ0v) is 17.5. The first kappa shape index (κ1) is 19.7. The van der Waals surface area contributed by atoms with Gasteiger partial charge in [0.1, 0.15) is 0 Å². The average Bonchev–Trinajstić information content (AvgIpc) is 3.25. The summed E-state index contributed by atoms with van der Waals surface area (Å²) in [5, 5.41) is 15.5. The minimum Gasteiger partial charge on any atom is -0.394 e. The van der Waals surface area contributed by atoms with E-state index in [4.69, 9.17) is 0 Å². The largest absolute Gasteiger partial charge is 0.394 e. The van der Waals surface area contributed by atoms with Crippen LogP contribution in [-0.2, 0) is 9.59 Å². The molecule has 5 unspecified atom stereocenters. The van der Waals surface area contributed by atoms with E-state index in [1.165, 1.54) is 25.7 Å². The number of carbonyl (C=O) groups excluding carboxylic acids is 2. The number of hydrogen-bond donors (Lipinski definition) is 3. The van der Waals surface area contributed by atoms with Crippen molar-refractivity contribution < 1.29 is 14.7 Å². The molecule has 5 aliphatic rings. The van der Waals surface area contributed by atoms with E-state index in [1.807, 2.05) is 11.9 Å². The molecule has 0 radical (unpaired) electrons. The maximum absolute atomic E-state index is 13.3. The summed E-state index contributed by atoms with van der Waals surface area (Å²) >= 11 is 0. The molecule has 2 amide bonds.